The standard InChI is InChI=1S/C21H26ClFN2O3S/c1-6-20(21(26)24-15(4)16-8-7-13(2)14(3)11-16)25(29(5,27)28)17-9-10-19(23)18(22)12-17/h7-12,15,20H,6H2,1-5H3,(H,24,26)/t15-,20+/m0/s1. The lowest BCUT2D eigenvalue weighted by molar-refractivity contribution is -0.122. The molecule has 5 nitrogen and oxygen atoms in total. The van der Waals surface area contributed by atoms with Gasteiger partial charge in [0.05, 0.1) is 23.0 Å². The van der Waals surface area contributed by atoms with Gasteiger partial charge in [0, 0.05) is 0 Å². The Morgan fingerprint density at radius 1 is 1.17 bits per heavy atom. The van der Waals surface area contributed by atoms with Crippen molar-refractivity contribution in [3.8, 4) is 0 Å². The van der Waals surface area contributed by atoms with Crippen molar-refractivity contribution in [2.24, 2.45) is 0 Å². The van der Waals surface area contributed by atoms with E-state index in [0.29, 0.717) is 0 Å². The maximum Gasteiger partial charge on any atom is 0.244 e. The van der Waals surface area contributed by atoms with Crippen molar-refractivity contribution >= 4 is 33.2 Å². The van der Waals surface area contributed by atoms with Gasteiger partial charge in [-0.25, -0.2) is 12.8 Å². The number of sulfonamides is 1. The van der Waals surface area contributed by atoms with Crippen LogP contribution >= 0.6 is 11.6 Å². The quantitative estimate of drug-likeness (QED) is 0.688. The van der Waals surface area contributed by atoms with Crippen molar-refractivity contribution in [3.63, 3.8) is 0 Å². The molecule has 0 bridgehead atoms. The second-order valence-corrected chi connectivity index (χ2v) is 9.42. The van der Waals surface area contributed by atoms with Crippen LogP contribution in [-0.2, 0) is 14.8 Å². The zero-order chi connectivity index (χ0) is 21.9. The average molecular weight is 441 g/mol. The minimum Gasteiger partial charge on any atom is -0.348 e. The number of aryl methyl sites for hydroxylation is 2. The molecule has 2 rings (SSSR count). The van der Waals surface area contributed by atoms with Crippen LogP contribution in [0.5, 0.6) is 0 Å². The predicted molar refractivity (Wildman–Crippen MR) is 115 cm³/mol. The lowest BCUT2D eigenvalue weighted by Crippen LogP contribution is -2.49. The number of anilines is 1. The first-order chi connectivity index (χ1) is 13.5. The fourth-order valence-corrected chi connectivity index (χ4v) is 4.49. The van der Waals surface area contributed by atoms with Crippen LogP contribution in [0.25, 0.3) is 0 Å². The molecule has 0 aliphatic carbocycles. The Hall–Kier alpha value is -2.12. The second kappa shape index (κ2) is 9.13. The van der Waals surface area contributed by atoms with E-state index in [0.717, 1.165) is 33.3 Å². The Morgan fingerprint density at radius 2 is 1.83 bits per heavy atom. The van der Waals surface area contributed by atoms with Gasteiger partial charge in [-0.15, -0.1) is 0 Å². The van der Waals surface area contributed by atoms with Gasteiger partial charge in [-0.05, 0) is 62.1 Å². The maximum absolute atomic E-state index is 13.5. The van der Waals surface area contributed by atoms with Gasteiger partial charge in [0.15, 0.2) is 0 Å². The van der Waals surface area contributed by atoms with Crippen molar-refractivity contribution in [2.45, 2.75) is 46.2 Å². The highest BCUT2D eigenvalue weighted by molar-refractivity contribution is 7.92. The third kappa shape index (κ3) is 5.48. The largest absolute Gasteiger partial charge is 0.348 e. The monoisotopic (exact) mass is 440 g/mol. The normalized spacial score (nSPS) is 13.6. The van der Waals surface area contributed by atoms with Crippen LogP contribution in [0, 0.1) is 19.7 Å². The van der Waals surface area contributed by atoms with E-state index >= 15 is 0 Å². The molecule has 158 valence electrons. The zero-order valence-corrected chi connectivity index (χ0v) is 18.7. The molecule has 0 spiro atoms. The first-order valence-corrected chi connectivity index (χ1v) is 11.5. The third-order valence-electron chi connectivity index (χ3n) is 4.88. The van der Waals surface area contributed by atoms with E-state index in [1.165, 1.54) is 12.1 Å². The van der Waals surface area contributed by atoms with Gasteiger partial charge in [0.1, 0.15) is 11.9 Å². The maximum atomic E-state index is 13.5. The van der Waals surface area contributed by atoms with E-state index in [2.05, 4.69) is 5.32 Å². The predicted octanol–water partition coefficient (Wildman–Crippen LogP) is 4.52. The summed E-state index contributed by atoms with van der Waals surface area (Å²) in [6, 6.07) is 8.18. The van der Waals surface area contributed by atoms with E-state index in [-0.39, 0.29) is 23.2 Å². The molecule has 0 radical (unpaired) electrons. The van der Waals surface area contributed by atoms with E-state index in [9.17, 15) is 17.6 Å². The first kappa shape index (κ1) is 23.2. The smallest absolute Gasteiger partial charge is 0.244 e. The van der Waals surface area contributed by atoms with Crippen LogP contribution in [0.1, 0.15) is 43.0 Å². The molecule has 1 amide bonds. The van der Waals surface area contributed by atoms with Crippen LogP contribution in [0.4, 0.5) is 10.1 Å². The van der Waals surface area contributed by atoms with Crippen LogP contribution in [0.15, 0.2) is 36.4 Å². The van der Waals surface area contributed by atoms with Crippen molar-refractivity contribution in [2.75, 3.05) is 10.6 Å². The summed E-state index contributed by atoms with van der Waals surface area (Å²) < 4.78 is 39.5. The van der Waals surface area contributed by atoms with Gasteiger partial charge in [-0.3, -0.25) is 9.10 Å². The summed E-state index contributed by atoms with van der Waals surface area (Å²) in [6.45, 7) is 7.56. The molecule has 0 aliphatic heterocycles. The molecule has 29 heavy (non-hydrogen) atoms. The molecule has 1 N–H and O–H groups in total. The van der Waals surface area contributed by atoms with Crippen LogP contribution in [-0.4, -0.2) is 26.6 Å². The molecule has 0 saturated heterocycles. The Labute approximate surface area is 176 Å². The molecule has 2 aromatic rings. The summed E-state index contributed by atoms with van der Waals surface area (Å²) in [4.78, 5) is 13.0. The highest BCUT2D eigenvalue weighted by Crippen LogP contribution is 2.28. The van der Waals surface area contributed by atoms with Crippen LogP contribution in [0.2, 0.25) is 5.02 Å². The number of benzene rings is 2. The van der Waals surface area contributed by atoms with Gasteiger partial charge in [-0.1, -0.05) is 36.7 Å². The second-order valence-electron chi connectivity index (χ2n) is 7.16. The molecule has 0 aromatic heterocycles. The number of carbonyl (C=O) groups is 1. The summed E-state index contributed by atoms with van der Waals surface area (Å²) >= 11 is 5.83. The Bertz CT molecular complexity index is 1010. The third-order valence-corrected chi connectivity index (χ3v) is 6.35. The lowest BCUT2D eigenvalue weighted by atomic mass is 10.0. The van der Waals surface area contributed by atoms with Gasteiger partial charge in [0.25, 0.3) is 0 Å². The Balaban J connectivity index is 2.34. The van der Waals surface area contributed by atoms with Crippen molar-refractivity contribution in [1.29, 1.82) is 0 Å². The molecule has 0 aliphatic rings. The van der Waals surface area contributed by atoms with Crippen molar-refractivity contribution in [1.82, 2.24) is 5.32 Å². The molecule has 0 fully saturated rings. The zero-order valence-electron chi connectivity index (χ0n) is 17.2. The SMILES string of the molecule is CC[C@H](C(=O)N[C@@H](C)c1ccc(C)c(C)c1)N(c1ccc(F)c(Cl)c1)S(C)(=O)=O. The van der Waals surface area contributed by atoms with E-state index < -0.39 is 27.8 Å². The highest BCUT2D eigenvalue weighted by Gasteiger charge is 2.32. The lowest BCUT2D eigenvalue weighted by Gasteiger charge is -2.31. The molecular weight excluding hydrogens is 415 g/mol. The summed E-state index contributed by atoms with van der Waals surface area (Å²) in [5, 5.41) is 2.68. The van der Waals surface area contributed by atoms with Crippen LogP contribution in [0.3, 0.4) is 0 Å². The van der Waals surface area contributed by atoms with Gasteiger partial charge < -0.3 is 5.32 Å². The molecule has 0 heterocycles. The molecule has 0 saturated carbocycles. The Kier molecular flexibility index (Phi) is 7.30. The molecule has 0 unspecified atom stereocenters. The summed E-state index contributed by atoms with van der Waals surface area (Å²) in [6.07, 6.45) is 1.24. The average Bonchev–Trinajstić information content (AvgIpc) is 2.63. The number of carbonyl (C=O) groups excluding carboxylic acids is 1. The van der Waals surface area contributed by atoms with E-state index in [1.54, 1.807) is 6.92 Å². The summed E-state index contributed by atoms with van der Waals surface area (Å²) in [5.41, 5.74) is 3.32. The van der Waals surface area contributed by atoms with E-state index in [1.807, 2.05) is 39.0 Å². The first-order valence-electron chi connectivity index (χ1n) is 9.27. The number of hydrogen-bond acceptors (Lipinski definition) is 3. The number of nitrogens with one attached hydrogen (secondary N) is 1. The number of amides is 1. The fourth-order valence-electron chi connectivity index (χ4n) is 3.11. The summed E-state index contributed by atoms with van der Waals surface area (Å²) in [5.74, 6) is -1.10. The molecule has 8 heteroatoms. The minimum absolute atomic E-state index is 0.139. The van der Waals surface area contributed by atoms with Gasteiger partial charge in [-0.2, -0.15) is 0 Å². The molecular formula is C21H26ClFN2O3S. The van der Waals surface area contributed by atoms with Crippen molar-refractivity contribution < 1.29 is 17.6 Å². The van der Waals surface area contributed by atoms with Crippen LogP contribution < -0.4 is 9.62 Å². The van der Waals surface area contributed by atoms with Gasteiger partial charge in [0.2, 0.25) is 15.9 Å². The number of nitrogens with zero attached hydrogens (tertiary/aromatic N) is 1. The highest BCUT2D eigenvalue weighted by atomic mass is 35.5. The fraction of sp³-hybridized carbons (Fsp3) is 0.381. The summed E-state index contributed by atoms with van der Waals surface area (Å²) in [7, 11) is -3.83. The van der Waals surface area contributed by atoms with E-state index in [4.69, 9.17) is 11.6 Å². The minimum atomic E-state index is -3.83. The number of rotatable bonds is 7. The van der Waals surface area contributed by atoms with Gasteiger partial charge >= 0.3 is 0 Å². The number of hydrogen-bond donors (Lipinski definition) is 1. The topological polar surface area (TPSA) is 66.5 Å². The van der Waals surface area contributed by atoms with Crippen molar-refractivity contribution in [3.05, 3.63) is 63.9 Å². The number of halogens is 2. The molecule has 2 aromatic carbocycles. The molecule has 2 atom stereocenters. The Morgan fingerprint density at radius 3 is 2.34 bits per heavy atom.